The molecule has 0 amide bonds. The van der Waals surface area contributed by atoms with Gasteiger partial charge in [-0.3, -0.25) is 23.9 Å². The number of alkyl halides is 1. The van der Waals surface area contributed by atoms with Crippen LogP contribution in [0.1, 0.15) is 27.0 Å². The highest BCUT2D eigenvalue weighted by Crippen LogP contribution is 2.48. The van der Waals surface area contributed by atoms with Crippen molar-refractivity contribution in [3.05, 3.63) is 63.4 Å². The molecule has 0 saturated carbocycles. The summed E-state index contributed by atoms with van der Waals surface area (Å²) < 4.78 is 36.3. The molecule has 1 saturated heterocycles. The molecule has 3 rings (SSSR count). The van der Waals surface area contributed by atoms with E-state index in [1.54, 1.807) is 37.3 Å². The highest BCUT2D eigenvalue weighted by molar-refractivity contribution is 7.70. The van der Waals surface area contributed by atoms with Crippen LogP contribution in [0.25, 0.3) is 0 Å². The summed E-state index contributed by atoms with van der Waals surface area (Å²) in [4.78, 5) is 40.1. The van der Waals surface area contributed by atoms with Crippen molar-refractivity contribution in [2.24, 2.45) is 4.99 Å². The fourth-order valence-corrected chi connectivity index (χ4v) is 4.95. The Morgan fingerprint density at radius 1 is 1.36 bits per heavy atom. The van der Waals surface area contributed by atoms with E-state index >= 15 is 0 Å². The maximum absolute atomic E-state index is 13.5. The average molecular weight is 544 g/mol. The summed E-state index contributed by atoms with van der Waals surface area (Å²) in [5, 5.41) is 10.8. The Morgan fingerprint density at radius 3 is 2.69 bits per heavy atom. The molecule has 36 heavy (non-hydrogen) atoms. The molecule has 1 unspecified atom stereocenters. The zero-order chi connectivity index (χ0) is 26.5. The van der Waals surface area contributed by atoms with E-state index in [2.05, 4.69) is 9.98 Å². The van der Waals surface area contributed by atoms with Crippen LogP contribution >= 0.6 is 19.2 Å². The Morgan fingerprint density at radius 2 is 2.06 bits per heavy atom. The average Bonchev–Trinajstić information content (AvgIpc) is 3.05. The number of H-pyrrole nitrogens is 1. The normalized spacial score (nSPS) is 26.4. The van der Waals surface area contributed by atoms with Crippen molar-refractivity contribution in [2.45, 2.75) is 50.1 Å². The zero-order valence-electron chi connectivity index (χ0n) is 19.8. The number of aromatic amines is 1. The van der Waals surface area contributed by atoms with Gasteiger partial charge in [-0.25, -0.2) is 14.2 Å². The topological polar surface area (TPSA) is 159 Å². The number of aliphatic hydroxyl groups excluding tert-OH is 1. The number of esters is 1. The molecule has 6 atom stereocenters. The van der Waals surface area contributed by atoms with Crippen molar-refractivity contribution < 1.29 is 33.0 Å². The fraction of sp³-hybridized carbons (Fsp3) is 0.455. The minimum Gasteiger partial charge on any atom is -0.464 e. The van der Waals surface area contributed by atoms with Crippen LogP contribution in [0.15, 0.2) is 57.2 Å². The molecule has 0 spiro atoms. The summed E-state index contributed by atoms with van der Waals surface area (Å²) in [6.07, 6.45) is -2.50. The van der Waals surface area contributed by atoms with E-state index in [-0.39, 0.29) is 12.4 Å². The SMILES string of the molecule is CCOC(=O)[C@H](C)N=CP(=O)(OC[C@H]1O[C@@H](n2ccc(=O)[nH]c2=O)[C@](C)(Cl)[C@@H]1O)Oc1ccccc1. The summed E-state index contributed by atoms with van der Waals surface area (Å²) in [6, 6.07) is 8.29. The van der Waals surface area contributed by atoms with Gasteiger partial charge in [-0.15, -0.1) is 11.6 Å². The van der Waals surface area contributed by atoms with E-state index in [0.29, 0.717) is 0 Å². The van der Waals surface area contributed by atoms with E-state index in [9.17, 15) is 24.1 Å². The van der Waals surface area contributed by atoms with Crippen LogP contribution in [0.4, 0.5) is 0 Å². The fourth-order valence-electron chi connectivity index (χ4n) is 3.36. The number of rotatable bonds is 10. The molecule has 2 heterocycles. The summed E-state index contributed by atoms with van der Waals surface area (Å²) in [5.74, 6) is 0.484. The summed E-state index contributed by atoms with van der Waals surface area (Å²) in [5.41, 5.74) is -1.40. The number of nitrogens with zero attached hydrogens (tertiary/aromatic N) is 2. The third kappa shape index (κ3) is 6.51. The molecular formula is C22H27ClN3O9P. The van der Waals surface area contributed by atoms with Gasteiger partial charge in [0.1, 0.15) is 34.8 Å². The predicted molar refractivity (Wildman–Crippen MR) is 131 cm³/mol. The molecule has 2 aromatic rings. The lowest BCUT2D eigenvalue weighted by molar-refractivity contribution is -0.144. The Labute approximate surface area is 211 Å². The van der Waals surface area contributed by atoms with Gasteiger partial charge in [-0.05, 0) is 32.9 Å². The van der Waals surface area contributed by atoms with Gasteiger partial charge in [0.15, 0.2) is 6.23 Å². The van der Waals surface area contributed by atoms with E-state index in [1.807, 2.05) is 0 Å². The van der Waals surface area contributed by atoms with Crippen LogP contribution in [-0.2, 0) is 23.4 Å². The lowest BCUT2D eigenvalue weighted by atomic mass is 10.0. The van der Waals surface area contributed by atoms with Gasteiger partial charge in [0, 0.05) is 12.3 Å². The highest BCUT2D eigenvalue weighted by Gasteiger charge is 2.54. The number of ether oxygens (including phenoxy) is 2. The van der Waals surface area contributed by atoms with Crippen molar-refractivity contribution in [1.82, 2.24) is 9.55 Å². The first-order valence-corrected chi connectivity index (χ1v) is 13.0. The Hall–Kier alpha value is -2.76. The molecule has 1 aliphatic rings. The highest BCUT2D eigenvalue weighted by atomic mass is 35.5. The van der Waals surface area contributed by atoms with E-state index in [1.165, 1.54) is 20.0 Å². The van der Waals surface area contributed by atoms with Gasteiger partial charge in [0.25, 0.3) is 5.56 Å². The minimum atomic E-state index is -4.13. The van der Waals surface area contributed by atoms with Crippen LogP contribution < -0.4 is 15.8 Å². The second kappa shape index (κ2) is 11.5. The van der Waals surface area contributed by atoms with Crippen molar-refractivity contribution in [1.29, 1.82) is 0 Å². The second-order valence-corrected chi connectivity index (χ2v) is 10.6. The quantitative estimate of drug-likeness (QED) is 0.198. The number of aromatic nitrogens is 2. The first-order chi connectivity index (χ1) is 17.0. The van der Waals surface area contributed by atoms with Gasteiger partial charge in [-0.1, -0.05) is 18.2 Å². The van der Waals surface area contributed by atoms with E-state index < -0.39 is 60.8 Å². The number of aliphatic hydroxyl groups is 1. The molecule has 196 valence electrons. The van der Waals surface area contributed by atoms with Crippen molar-refractivity contribution in [3.8, 4) is 5.75 Å². The third-order valence-electron chi connectivity index (χ3n) is 5.27. The number of aliphatic imine (C=N–C) groups is 1. The lowest BCUT2D eigenvalue weighted by Gasteiger charge is -2.26. The molecule has 12 nitrogen and oxygen atoms in total. The number of benzene rings is 1. The number of carbonyl (C=O) groups excluding carboxylic acids is 1. The standard InChI is InChI=1S/C22H27ClN3O9P/c1-4-32-19(29)14(2)24-13-36(31,35-15-8-6-5-7-9-15)33-12-16-18(28)22(3,23)20(34-16)26-11-10-17(27)25-21(26)30/h5-11,13-14,16,18,20,28H,4,12H2,1-3H3,(H,25,27,30)/t14-,16+,18+,20+,22+,36?/m0/s1. The molecule has 1 aromatic heterocycles. The van der Waals surface area contributed by atoms with Gasteiger partial charge < -0.3 is 19.1 Å². The predicted octanol–water partition coefficient (Wildman–Crippen LogP) is 2.06. The van der Waals surface area contributed by atoms with Gasteiger partial charge >= 0.3 is 19.3 Å². The smallest absolute Gasteiger partial charge is 0.421 e. The molecule has 1 fully saturated rings. The molecule has 0 bridgehead atoms. The maximum Gasteiger partial charge on any atom is 0.421 e. The molecule has 0 aliphatic carbocycles. The summed E-state index contributed by atoms with van der Waals surface area (Å²) in [7, 11) is -4.13. The van der Waals surface area contributed by atoms with Crippen molar-refractivity contribution in [3.63, 3.8) is 0 Å². The number of carbonyl (C=O) groups is 1. The van der Waals surface area contributed by atoms with E-state index in [4.69, 9.17) is 30.1 Å². The summed E-state index contributed by atoms with van der Waals surface area (Å²) >= 11 is 6.51. The monoisotopic (exact) mass is 543 g/mol. The number of hydrogen-bond acceptors (Lipinski definition) is 10. The Balaban J connectivity index is 1.81. The number of hydrogen-bond donors (Lipinski definition) is 2. The Bertz CT molecular complexity index is 1250. The number of nitrogens with one attached hydrogen (secondary N) is 1. The molecule has 0 radical (unpaired) electrons. The third-order valence-corrected chi connectivity index (χ3v) is 7.08. The van der Waals surface area contributed by atoms with Crippen molar-refractivity contribution in [2.75, 3.05) is 13.2 Å². The molecular weight excluding hydrogens is 517 g/mol. The van der Waals surface area contributed by atoms with Crippen LogP contribution in [0.2, 0.25) is 0 Å². The molecule has 2 N–H and O–H groups in total. The Kier molecular flexibility index (Phi) is 8.91. The van der Waals surface area contributed by atoms with Crippen LogP contribution in [0.5, 0.6) is 5.75 Å². The molecule has 1 aromatic carbocycles. The van der Waals surface area contributed by atoms with Crippen LogP contribution in [0, 0.1) is 0 Å². The maximum atomic E-state index is 13.5. The molecule has 14 heteroatoms. The van der Waals surface area contributed by atoms with Crippen LogP contribution in [0.3, 0.4) is 0 Å². The second-order valence-electron chi connectivity index (χ2n) is 8.07. The molecule has 1 aliphatic heterocycles. The number of para-hydroxylation sites is 1. The van der Waals surface area contributed by atoms with Crippen LogP contribution in [-0.4, -0.2) is 62.9 Å². The van der Waals surface area contributed by atoms with E-state index in [0.717, 1.165) is 16.6 Å². The largest absolute Gasteiger partial charge is 0.464 e. The minimum absolute atomic E-state index is 0.154. The lowest BCUT2D eigenvalue weighted by Crippen LogP contribution is -2.42. The zero-order valence-corrected chi connectivity index (χ0v) is 21.4. The first kappa shape index (κ1) is 27.8. The number of halogens is 1. The van der Waals surface area contributed by atoms with Crippen molar-refractivity contribution >= 4 is 31.1 Å². The summed E-state index contributed by atoms with van der Waals surface area (Å²) in [6.45, 7) is 4.23. The van der Waals surface area contributed by atoms with Gasteiger partial charge in [0.2, 0.25) is 0 Å². The first-order valence-electron chi connectivity index (χ1n) is 11.0. The van der Waals surface area contributed by atoms with Gasteiger partial charge in [0.05, 0.1) is 13.2 Å². The van der Waals surface area contributed by atoms with Gasteiger partial charge in [-0.2, -0.15) is 0 Å².